The van der Waals surface area contributed by atoms with E-state index in [1.807, 2.05) is 30.0 Å². The summed E-state index contributed by atoms with van der Waals surface area (Å²) in [5, 5.41) is 5.14. The Hall–Kier alpha value is -3.93. The van der Waals surface area contributed by atoms with Crippen LogP contribution in [0.4, 0.5) is 13.2 Å². The van der Waals surface area contributed by atoms with Crippen molar-refractivity contribution >= 4 is 23.6 Å². The predicted molar refractivity (Wildman–Crippen MR) is 140 cm³/mol. The van der Waals surface area contributed by atoms with E-state index < -0.39 is 23.6 Å². The minimum atomic E-state index is -4.57. The van der Waals surface area contributed by atoms with Crippen LogP contribution >= 0.6 is 0 Å². The molecule has 214 valence electrons. The molecule has 0 bridgehead atoms. The number of benzene rings is 2. The minimum Gasteiger partial charge on any atom is -0.350 e. The van der Waals surface area contributed by atoms with Crippen molar-refractivity contribution < 1.29 is 32.3 Å². The van der Waals surface area contributed by atoms with Crippen molar-refractivity contribution in [2.75, 3.05) is 52.4 Å². The van der Waals surface area contributed by atoms with E-state index in [2.05, 4.69) is 10.6 Å². The van der Waals surface area contributed by atoms with Crippen LogP contribution in [0.2, 0.25) is 0 Å². The van der Waals surface area contributed by atoms with E-state index in [-0.39, 0.29) is 36.5 Å². The van der Waals surface area contributed by atoms with E-state index in [4.69, 9.17) is 0 Å². The summed E-state index contributed by atoms with van der Waals surface area (Å²) in [6.07, 6.45) is -3.95. The van der Waals surface area contributed by atoms with Gasteiger partial charge in [-0.05, 0) is 43.7 Å². The van der Waals surface area contributed by atoms with Gasteiger partial charge in [0.25, 0.3) is 11.8 Å². The number of hydrogen-bond donors (Lipinski definition) is 2. The van der Waals surface area contributed by atoms with Crippen LogP contribution < -0.4 is 10.6 Å². The average Bonchev–Trinajstić information content (AvgIpc) is 3.37. The molecule has 0 unspecified atom stereocenters. The molecule has 0 spiro atoms. The van der Waals surface area contributed by atoms with E-state index in [9.17, 15) is 32.3 Å². The summed E-state index contributed by atoms with van der Waals surface area (Å²) in [7, 11) is 0. The van der Waals surface area contributed by atoms with E-state index in [1.165, 1.54) is 6.07 Å². The Balaban J connectivity index is 1.16. The number of halogens is 3. The SMILES string of the molecule is Cc1cccc(C(=O)N2CCN(C(=O)CN3CC[C@@H](NC(=O)CNC(=O)c4cccc(C(F)(F)F)c4)C3)CC2)c1. The third-order valence-corrected chi connectivity index (χ3v) is 7.04. The number of likely N-dealkylation sites (tertiary alicyclic amines) is 1. The number of amides is 4. The van der Waals surface area contributed by atoms with Crippen molar-refractivity contribution in [1.82, 2.24) is 25.3 Å². The standard InChI is InChI=1S/C28H32F3N5O4/c1-19-4-2-6-21(14-19)27(40)36-12-10-35(11-13-36)25(38)18-34-9-8-23(17-34)33-24(37)16-32-26(39)20-5-3-7-22(15-20)28(29,30)31/h2-7,14-15,23H,8-13,16-18H2,1H3,(H,32,39)(H,33,37)/t23-/m1/s1. The monoisotopic (exact) mass is 559 g/mol. The van der Waals surface area contributed by atoms with Crippen LogP contribution in [0.25, 0.3) is 0 Å². The third-order valence-electron chi connectivity index (χ3n) is 7.04. The van der Waals surface area contributed by atoms with Gasteiger partial charge >= 0.3 is 6.18 Å². The van der Waals surface area contributed by atoms with Crippen LogP contribution in [0.1, 0.15) is 38.3 Å². The first-order chi connectivity index (χ1) is 19.0. The van der Waals surface area contributed by atoms with Crippen molar-refractivity contribution in [3.63, 3.8) is 0 Å². The van der Waals surface area contributed by atoms with Gasteiger partial charge in [-0.1, -0.05) is 23.8 Å². The quantitative estimate of drug-likeness (QED) is 0.540. The number of carbonyl (C=O) groups is 4. The summed E-state index contributed by atoms with van der Waals surface area (Å²) < 4.78 is 38.6. The number of piperazine rings is 1. The lowest BCUT2D eigenvalue weighted by Crippen LogP contribution is -2.52. The molecule has 2 aromatic rings. The molecule has 0 aromatic heterocycles. The van der Waals surface area contributed by atoms with Gasteiger partial charge in [0, 0.05) is 56.4 Å². The molecule has 2 heterocycles. The second-order valence-corrected chi connectivity index (χ2v) is 10.1. The number of rotatable bonds is 7. The predicted octanol–water partition coefficient (Wildman–Crippen LogP) is 1.92. The molecule has 1 atom stereocenters. The first-order valence-electron chi connectivity index (χ1n) is 13.1. The van der Waals surface area contributed by atoms with Gasteiger partial charge in [-0.3, -0.25) is 24.1 Å². The molecule has 0 aliphatic carbocycles. The highest BCUT2D eigenvalue weighted by atomic mass is 19.4. The van der Waals surface area contributed by atoms with Gasteiger partial charge in [0.05, 0.1) is 18.7 Å². The van der Waals surface area contributed by atoms with Crippen molar-refractivity contribution in [3.05, 3.63) is 70.8 Å². The van der Waals surface area contributed by atoms with Crippen molar-refractivity contribution in [2.24, 2.45) is 0 Å². The molecule has 2 aliphatic heterocycles. The molecule has 0 saturated carbocycles. The van der Waals surface area contributed by atoms with Crippen LogP contribution in [0.5, 0.6) is 0 Å². The second kappa shape index (κ2) is 12.5. The summed E-state index contributed by atoms with van der Waals surface area (Å²) in [5.41, 5.74) is 0.524. The van der Waals surface area contributed by atoms with Crippen molar-refractivity contribution in [2.45, 2.75) is 25.6 Å². The summed E-state index contributed by atoms with van der Waals surface area (Å²) in [5.74, 6) is -1.32. The zero-order valence-corrected chi connectivity index (χ0v) is 22.2. The molecule has 2 fully saturated rings. The Morgan fingerprint density at radius 3 is 2.27 bits per heavy atom. The first-order valence-corrected chi connectivity index (χ1v) is 13.1. The smallest absolute Gasteiger partial charge is 0.350 e. The fourth-order valence-corrected chi connectivity index (χ4v) is 4.88. The summed E-state index contributed by atoms with van der Waals surface area (Å²) in [6, 6.07) is 11.2. The maximum absolute atomic E-state index is 12.9. The van der Waals surface area contributed by atoms with Gasteiger partial charge in [-0.2, -0.15) is 13.2 Å². The number of hydrogen-bond acceptors (Lipinski definition) is 5. The van der Waals surface area contributed by atoms with E-state index in [0.29, 0.717) is 51.3 Å². The third kappa shape index (κ3) is 7.59. The van der Waals surface area contributed by atoms with E-state index in [0.717, 1.165) is 23.8 Å². The van der Waals surface area contributed by atoms with Gasteiger partial charge in [0.2, 0.25) is 11.8 Å². The fraction of sp³-hybridized carbons (Fsp3) is 0.429. The van der Waals surface area contributed by atoms with Crippen LogP contribution in [-0.4, -0.2) is 96.7 Å². The molecule has 2 aliphatic rings. The zero-order chi connectivity index (χ0) is 28.9. The van der Waals surface area contributed by atoms with Crippen LogP contribution in [0.15, 0.2) is 48.5 Å². The molecule has 2 N–H and O–H groups in total. The van der Waals surface area contributed by atoms with Crippen LogP contribution in [0.3, 0.4) is 0 Å². The maximum Gasteiger partial charge on any atom is 0.416 e. The second-order valence-electron chi connectivity index (χ2n) is 10.1. The Morgan fingerprint density at radius 2 is 1.57 bits per heavy atom. The first kappa shape index (κ1) is 29.1. The minimum absolute atomic E-state index is 0.0389. The summed E-state index contributed by atoms with van der Waals surface area (Å²) in [6.45, 7) is 4.66. The van der Waals surface area contributed by atoms with Crippen LogP contribution in [-0.2, 0) is 15.8 Å². The summed E-state index contributed by atoms with van der Waals surface area (Å²) >= 11 is 0. The molecule has 2 aromatic carbocycles. The van der Waals surface area contributed by atoms with Crippen molar-refractivity contribution in [1.29, 1.82) is 0 Å². The van der Waals surface area contributed by atoms with Crippen LogP contribution in [0, 0.1) is 6.92 Å². The molecule has 12 heteroatoms. The maximum atomic E-state index is 12.9. The van der Waals surface area contributed by atoms with Gasteiger partial charge in [0.1, 0.15) is 0 Å². The highest BCUT2D eigenvalue weighted by molar-refractivity contribution is 5.96. The van der Waals surface area contributed by atoms with Gasteiger partial charge in [-0.25, -0.2) is 0 Å². The van der Waals surface area contributed by atoms with Gasteiger partial charge in [-0.15, -0.1) is 0 Å². The Bertz CT molecular complexity index is 1260. The highest BCUT2D eigenvalue weighted by Gasteiger charge is 2.31. The van der Waals surface area contributed by atoms with E-state index >= 15 is 0 Å². The molecule has 4 rings (SSSR count). The molecular weight excluding hydrogens is 527 g/mol. The lowest BCUT2D eigenvalue weighted by Gasteiger charge is -2.35. The fourth-order valence-electron chi connectivity index (χ4n) is 4.88. The molecule has 40 heavy (non-hydrogen) atoms. The van der Waals surface area contributed by atoms with Gasteiger partial charge < -0.3 is 20.4 Å². The summed E-state index contributed by atoms with van der Waals surface area (Å²) in [4.78, 5) is 55.6. The number of nitrogens with zero attached hydrogens (tertiary/aromatic N) is 3. The normalized spacial score (nSPS) is 17.9. The molecule has 2 saturated heterocycles. The number of alkyl halides is 3. The van der Waals surface area contributed by atoms with E-state index in [1.54, 1.807) is 15.9 Å². The lowest BCUT2D eigenvalue weighted by atomic mass is 10.1. The Labute approximate surface area is 230 Å². The van der Waals surface area contributed by atoms with Crippen molar-refractivity contribution in [3.8, 4) is 0 Å². The highest BCUT2D eigenvalue weighted by Crippen LogP contribution is 2.29. The Morgan fingerprint density at radius 1 is 0.900 bits per heavy atom. The topological polar surface area (TPSA) is 102 Å². The molecule has 4 amide bonds. The largest absolute Gasteiger partial charge is 0.416 e. The zero-order valence-electron chi connectivity index (χ0n) is 22.2. The number of aryl methyl sites for hydroxylation is 1. The van der Waals surface area contributed by atoms with Gasteiger partial charge in [0.15, 0.2) is 0 Å². The molecule has 0 radical (unpaired) electrons. The number of carbonyl (C=O) groups excluding carboxylic acids is 4. The number of nitrogens with one attached hydrogen (secondary N) is 2. The Kier molecular flexibility index (Phi) is 9.08. The molecular formula is C28H32F3N5O4. The average molecular weight is 560 g/mol. The molecule has 9 nitrogen and oxygen atoms in total. The lowest BCUT2D eigenvalue weighted by molar-refractivity contribution is -0.137.